The van der Waals surface area contributed by atoms with Gasteiger partial charge in [0.2, 0.25) is 0 Å². The van der Waals surface area contributed by atoms with E-state index in [2.05, 4.69) is 16.0 Å². The van der Waals surface area contributed by atoms with Crippen LogP contribution < -0.4 is 0 Å². The monoisotopic (exact) mass is 220 g/mol. The summed E-state index contributed by atoms with van der Waals surface area (Å²) >= 11 is 0. The predicted octanol–water partition coefficient (Wildman–Crippen LogP) is 3.53. The van der Waals surface area contributed by atoms with E-state index in [1.807, 2.05) is 30.5 Å². The molecule has 0 saturated heterocycles. The largest absolute Gasteiger partial charge is 0.456 e. The molecule has 3 aromatic heterocycles. The number of hydrogen-bond acceptors (Lipinski definition) is 3. The smallest absolute Gasteiger partial charge is 0.138 e. The summed E-state index contributed by atoms with van der Waals surface area (Å²) in [6.07, 6.45) is 5.37. The molecule has 3 nitrogen and oxygen atoms in total. The lowest BCUT2D eigenvalue weighted by molar-refractivity contribution is 0.669. The molecule has 0 amide bonds. The Morgan fingerprint density at radius 3 is 2.94 bits per heavy atom. The van der Waals surface area contributed by atoms with E-state index in [1.54, 1.807) is 12.4 Å². The summed E-state index contributed by atoms with van der Waals surface area (Å²) in [5, 5.41) is 3.20. The van der Waals surface area contributed by atoms with Crippen molar-refractivity contribution in [2.24, 2.45) is 0 Å². The SMILES string of the molecule is c1cnc2cc3c(cc2c1)oc1ccncc13. The second-order valence-corrected chi connectivity index (χ2v) is 4.02. The van der Waals surface area contributed by atoms with E-state index in [0.29, 0.717) is 0 Å². The summed E-state index contributed by atoms with van der Waals surface area (Å²) in [4.78, 5) is 8.49. The van der Waals surface area contributed by atoms with Gasteiger partial charge in [-0.05, 0) is 24.3 Å². The van der Waals surface area contributed by atoms with Gasteiger partial charge in [-0.2, -0.15) is 0 Å². The van der Waals surface area contributed by atoms with Gasteiger partial charge in [-0.1, -0.05) is 6.07 Å². The summed E-state index contributed by atoms with van der Waals surface area (Å²) in [6.45, 7) is 0. The summed E-state index contributed by atoms with van der Waals surface area (Å²) < 4.78 is 5.79. The Bertz CT molecular complexity index is 842. The van der Waals surface area contributed by atoms with Crippen LogP contribution in [0.4, 0.5) is 0 Å². The summed E-state index contributed by atoms with van der Waals surface area (Å²) in [5.41, 5.74) is 2.73. The van der Waals surface area contributed by atoms with Gasteiger partial charge in [0.05, 0.1) is 5.52 Å². The number of pyridine rings is 2. The van der Waals surface area contributed by atoms with Gasteiger partial charge in [0.1, 0.15) is 11.2 Å². The number of nitrogens with zero attached hydrogens (tertiary/aromatic N) is 2. The van der Waals surface area contributed by atoms with Crippen LogP contribution in [0.1, 0.15) is 0 Å². The zero-order valence-corrected chi connectivity index (χ0v) is 8.92. The average molecular weight is 220 g/mol. The molecule has 0 saturated carbocycles. The van der Waals surface area contributed by atoms with Crippen LogP contribution in [0.3, 0.4) is 0 Å². The molecule has 0 atom stereocenters. The Labute approximate surface area is 96.7 Å². The first-order chi connectivity index (χ1) is 8.42. The van der Waals surface area contributed by atoms with Crippen molar-refractivity contribution in [1.29, 1.82) is 0 Å². The third-order valence-corrected chi connectivity index (χ3v) is 3.00. The number of benzene rings is 1. The van der Waals surface area contributed by atoms with Crippen LogP contribution >= 0.6 is 0 Å². The highest BCUT2D eigenvalue weighted by molar-refractivity contribution is 6.08. The van der Waals surface area contributed by atoms with Gasteiger partial charge in [-0.25, -0.2) is 0 Å². The van der Waals surface area contributed by atoms with Crippen molar-refractivity contribution in [3.05, 3.63) is 48.9 Å². The number of hydrogen-bond donors (Lipinski definition) is 0. The minimum absolute atomic E-state index is 0.866. The summed E-state index contributed by atoms with van der Waals surface area (Å²) in [5.74, 6) is 0. The molecule has 80 valence electrons. The van der Waals surface area contributed by atoms with Crippen molar-refractivity contribution < 1.29 is 4.42 Å². The maximum Gasteiger partial charge on any atom is 0.138 e. The lowest BCUT2D eigenvalue weighted by Crippen LogP contribution is -1.76. The molecule has 3 heteroatoms. The van der Waals surface area contributed by atoms with Crippen LogP contribution in [0.25, 0.3) is 32.8 Å². The van der Waals surface area contributed by atoms with E-state index >= 15 is 0 Å². The summed E-state index contributed by atoms with van der Waals surface area (Å²) in [6, 6.07) is 9.93. The predicted molar refractivity (Wildman–Crippen MR) is 66.8 cm³/mol. The van der Waals surface area contributed by atoms with Crippen LogP contribution in [0.5, 0.6) is 0 Å². The van der Waals surface area contributed by atoms with Crippen LogP contribution in [0.15, 0.2) is 53.3 Å². The Morgan fingerprint density at radius 2 is 1.94 bits per heavy atom. The standard InChI is InChI=1S/C14H8N2O/c1-2-9-6-14-10(7-12(9)16-4-1)11-8-15-5-3-13(11)17-14/h1-8H. The summed E-state index contributed by atoms with van der Waals surface area (Å²) in [7, 11) is 0. The molecule has 3 heterocycles. The van der Waals surface area contributed by atoms with E-state index < -0.39 is 0 Å². The van der Waals surface area contributed by atoms with Crippen molar-refractivity contribution in [1.82, 2.24) is 9.97 Å². The highest BCUT2D eigenvalue weighted by Crippen LogP contribution is 2.30. The molecule has 1 aromatic carbocycles. The number of aromatic nitrogens is 2. The Morgan fingerprint density at radius 1 is 0.941 bits per heavy atom. The van der Waals surface area contributed by atoms with Gasteiger partial charge >= 0.3 is 0 Å². The maximum atomic E-state index is 5.79. The van der Waals surface area contributed by atoms with Crippen molar-refractivity contribution in [2.75, 3.05) is 0 Å². The van der Waals surface area contributed by atoms with Crippen LogP contribution in [-0.4, -0.2) is 9.97 Å². The first-order valence-corrected chi connectivity index (χ1v) is 5.43. The lowest BCUT2D eigenvalue weighted by atomic mass is 10.1. The quantitative estimate of drug-likeness (QED) is 0.455. The lowest BCUT2D eigenvalue weighted by Gasteiger charge is -1.95. The molecule has 0 N–H and O–H groups in total. The van der Waals surface area contributed by atoms with Gasteiger partial charge in [0.25, 0.3) is 0 Å². The fraction of sp³-hybridized carbons (Fsp3) is 0. The third-order valence-electron chi connectivity index (χ3n) is 3.00. The molecule has 0 aliphatic heterocycles. The van der Waals surface area contributed by atoms with Gasteiger partial charge in [0.15, 0.2) is 0 Å². The minimum atomic E-state index is 0.866. The molecule has 0 aliphatic rings. The number of fused-ring (bicyclic) bond motifs is 4. The molecule has 0 aliphatic carbocycles. The first kappa shape index (κ1) is 8.70. The molecule has 4 aromatic rings. The second kappa shape index (κ2) is 3.04. The average Bonchev–Trinajstić information content (AvgIpc) is 2.73. The van der Waals surface area contributed by atoms with Gasteiger partial charge in [-0.15, -0.1) is 0 Å². The maximum absolute atomic E-state index is 5.79. The molecule has 4 rings (SSSR count). The van der Waals surface area contributed by atoms with E-state index in [4.69, 9.17) is 4.42 Å². The second-order valence-electron chi connectivity index (χ2n) is 4.02. The Hall–Kier alpha value is -2.42. The van der Waals surface area contributed by atoms with Gasteiger partial charge in [-0.3, -0.25) is 9.97 Å². The highest BCUT2D eigenvalue weighted by atomic mass is 16.3. The van der Waals surface area contributed by atoms with Gasteiger partial charge < -0.3 is 4.42 Å². The van der Waals surface area contributed by atoms with Crippen molar-refractivity contribution in [3.8, 4) is 0 Å². The highest BCUT2D eigenvalue weighted by Gasteiger charge is 2.07. The minimum Gasteiger partial charge on any atom is -0.456 e. The van der Waals surface area contributed by atoms with E-state index in [1.165, 1.54) is 0 Å². The molecule has 0 spiro atoms. The molecule has 0 unspecified atom stereocenters. The molecular weight excluding hydrogens is 212 g/mol. The van der Waals surface area contributed by atoms with Crippen molar-refractivity contribution in [2.45, 2.75) is 0 Å². The van der Waals surface area contributed by atoms with E-state index in [9.17, 15) is 0 Å². The van der Waals surface area contributed by atoms with Crippen LogP contribution in [0.2, 0.25) is 0 Å². The van der Waals surface area contributed by atoms with Crippen molar-refractivity contribution in [3.63, 3.8) is 0 Å². The zero-order chi connectivity index (χ0) is 11.2. The Kier molecular flexibility index (Phi) is 1.56. The van der Waals surface area contributed by atoms with E-state index in [-0.39, 0.29) is 0 Å². The van der Waals surface area contributed by atoms with Crippen LogP contribution in [-0.2, 0) is 0 Å². The topological polar surface area (TPSA) is 38.9 Å². The van der Waals surface area contributed by atoms with Gasteiger partial charge in [0, 0.05) is 34.7 Å². The van der Waals surface area contributed by atoms with Crippen LogP contribution in [0, 0.1) is 0 Å². The first-order valence-electron chi connectivity index (χ1n) is 5.43. The normalized spacial score (nSPS) is 11.5. The zero-order valence-electron chi connectivity index (χ0n) is 8.92. The molecule has 17 heavy (non-hydrogen) atoms. The molecule has 0 bridgehead atoms. The molecular formula is C14H8N2O. The van der Waals surface area contributed by atoms with Crippen molar-refractivity contribution >= 4 is 32.8 Å². The molecule has 0 fully saturated rings. The Balaban J connectivity index is 2.28. The molecule has 0 radical (unpaired) electrons. The number of furan rings is 1. The van der Waals surface area contributed by atoms with E-state index in [0.717, 1.165) is 32.8 Å². The third kappa shape index (κ3) is 1.16. The number of rotatable bonds is 0. The fourth-order valence-corrected chi connectivity index (χ4v) is 2.19. The fourth-order valence-electron chi connectivity index (χ4n) is 2.19.